The largest absolute Gasteiger partial charge is 0.313 e. The van der Waals surface area contributed by atoms with E-state index >= 15 is 0 Å². The smallest absolute Gasteiger partial charge is 0.124 e. The molecule has 3 heteroatoms. The molecule has 1 nitrogen and oxygen atoms in total. The minimum absolute atomic E-state index is 0.180. The van der Waals surface area contributed by atoms with Crippen LogP contribution in [0.25, 0.3) is 0 Å². The van der Waals surface area contributed by atoms with Gasteiger partial charge in [0, 0.05) is 9.61 Å². The number of likely N-dealkylation sites (N-methyl/N-ethyl adjacent to an activating group) is 1. The van der Waals surface area contributed by atoms with Crippen molar-refractivity contribution in [3.05, 3.63) is 67.5 Å². The molecule has 1 unspecified atom stereocenters. The van der Waals surface area contributed by atoms with E-state index in [1.54, 1.807) is 6.07 Å². The Bertz CT molecular complexity index is 629. The van der Waals surface area contributed by atoms with E-state index in [1.165, 1.54) is 28.3 Å². The van der Waals surface area contributed by atoms with Crippen LogP contribution in [0, 0.1) is 30.2 Å². The lowest BCUT2D eigenvalue weighted by Gasteiger charge is -2.21. The van der Waals surface area contributed by atoms with Crippen LogP contribution in [-0.4, -0.2) is 7.05 Å². The highest BCUT2D eigenvalue weighted by atomic mass is 127. The molecule has 0 fully saturated rings. The SMILES string of the molecule is CNC(Cc1c(C)cc(C)cc1C)c1ccc(F)cc1I. The minimum atomic E-state index is -0.180. The molecule has 0 saturated heterocycles. The number of aryl methyl sites for hydroxylation is 3. The normalized spacial score (nSPS) is 12.5. The fourth-order valence-corrected chi connectivity index (χ4v) is 3.74. The molecule has 0 saturated carbocycles. The van der Waals surface area contributed by atoms with E-state index < -0.39 is 0 Å². The molecule has 1 N–H and O–H groups in total. The third-order valence-corrected chi connectivity index (χ3v) is 4.87. The van der Waals surface area contributed by atoms with E-state index in [2.05, 4.69) is 60.8 Å². The predicted molar refractivity (Wildman–Crippen MR) is 95.3 cm³/mol. The quantitative estimate of drug-likeness (QED) is 0.727. The Morgan fingerprint density at radius 3 is 2.24 bits per heavy atom. The number of hydrogen-bond donors (Lipinski definition) is 1. The minimum Gasteiger partial charge on any atom is -0.313 e. The monoisotopic (exact) mass is 397 g/mol. The first-order valence-corrected chi connectivity index (χ1v) is 8.19. The molecule has 2 aromatic rings. The highest BCUT2D eigenvalue weighted by Crippen LogP contribution is 2.27. The van der Waals surface area contributed by atoms with Crippen molar-refractivity contribution in [3.63, 3.8) is 0 Å². The summed E-state index contributed by atoms with van der Waals surface area (Å²) in [6, 6.07) is 9.66. The second kappa shape index (κ2) is 6.88. The van der Waals surface area contributed by atoms with Gasteiger partial charge in [-0.2, -0.15) is 0 Å². The fourth-order valence-electron chi connectivity index (χ4n) is 2.89. The Morgan fingerprint density at radius 2 is 1.71 bits per heavy atom. The molecule has 112 valence electrons. The fraction of sp³-hybridized carbons (Fsp3) is 0.333. The zero-order valence-electron chi connectivity index (χ0n) is 12.9. The van der Waals surface area contributed by atoms with E-state index in [4.69, 9.17) is 0 Å². The van der Waals surface area contributed by atoms with Gasteiger partial charge in [0.25, 0.3) is 0 Å². The highest BCUT2D eigenvalue weighted by molar-refractivity contribution is 14.1. The van der Waals surface area contributed by atoms with Gasteiger partial charge in [0.1, 0.15) is 5.82 Å². The molecule has 0 aliphatic heterocycles. The van der Waals surface area contributed by atoms with Crippen LogP contribution in [0.1, 0.15) is 33.9 Å². The zero-order chi connectivity index (χ0) is 15.6. The summed E-state index contributed by atoms with van der Waals surface area (Å²) in [5, 5.41) is 3.37. The highest BCUT2D eigenvalue weighted by Gasteiger charge is 2.16. The van der Waals surface area contributed by atoms with Gasteiger partial charge in [-0.05, 0) is 91.2 Å². The summed E-state index contributed by atoms with van der Waals surface area (Å²) in [7, 11) is 1.96. The van der Waals surface area contributed by atoms with Crippen molar-refractivity contribution < 1.29 is 4.39 Å². The van der Waals surface area contributed by atoms with Gasteiger partial charge in [0.05, 0.1) is 0 Å². The van der Waals surface area contributed by atoms with Gasteiger partial charge < -0.3 is 5.32 Å². The maximum Gasteiger partial charge on any atom is 0.124 e. The summed E-state index contributed by atoms with van der Waals surface area (Å²) in [6.07, 6.45) is 0.913. The van der Waals surface area contributed by atoms with Crippen molar-refractivity contribution in [2.75, 3.05) is 7.05 Å². The molecule has 1 atom stereocenters. The maximum atomic E-state index is 13.3. The number of nitrogens with one attached hydrogen (secondary N) is 1. The first-order chi connectivity index (χ1) is 9.92. The first-order valence-electron chi connectivity index (χ1n) is 7.11. The van der Waals surface area contributed by atoms with E-state index in [-0.39, 0.29) is 11.9 Å². The maximum absolute atomic E-state index is 13.3. The second-order valence-electron chi connectivity index (χ2n) is 5.59. The van der Waals surface area contributed by atoms with Gasteiger partial charge in [-0.25, -0.2) is 4.39 Å². The summed E-state index contributed by atoms with van der Waals surface area (Å²) in [4.78, 5) is 0. The van der Waals surface area contributed by atoms with E-state index in [9.17, 15) is 4.39 Å². The molecule has 0 spiro atoms. The average Bonchev–Trinajstić information content (AvgIpc) is 2.39. The van der Waals surface area contributed by atoms with Crippen molar-refractivity contribution in [2.24, 2.45) is 0 Å². The lowest BCUT2D eigenvalue weighted by molar-refractivity contribution is 0.580. The third kappa shape index (κ3) is 3.83. The van der Waals surface area contributed by atoms with Crippen molar-refractivity contribution >= 4 is 22.6 Å². The molecular formula is C18H21FIN. The van der Waals surface area contributed by atoms with E-state index in [1.807, 2.05) is 13.1 Å². The van der Waals surface area contributed by atoms with E-state index in [0.29, 0.717) is 0 Å². The number of benzene rings is 2. The summed E-state index contributed by atoms with van der Waals surface area (Å²) in [5.74, 6) is -0.180. The summed E-state index contributed by atoms with van der Waals surface area (Å²) < 4.78 is 14.3. The van der Waals surface area contributed by atoms with Crippen molar-refractivity contribution in [1.29, 1.82) is 0 Å². The molecule has 2 rings (SSSR count). The Hall–Kier alpha value is -0.940. The van der Waals surface area contributed by atoms with Crippen LogP contribution in [0.15, 0.2) is 30.3 Å². The number of rotatable bonds is 4. The molecule has 2 aromatic carbocycles. The predicted octanol–water partition coefficient (Wildman–Crippen LogP) is 4.86. The lowest BCUT2D eigenvalue weighted by atomic mass is 9.92. The second-order valence-corrected chi connectivity index (χ2v) is 6.75. The van der Waals surface area contributed by atoms with Gasteiger partial charge in [0.2, 0.25) is 0 Å². The Kier molecular flexibility index (Phi) is 5.38. The molecule has 0 aromatic heterocycles. The topological polar surface area (TPSA) is 12.0 Å². The van der Waals surface area contributed by atoms with E-state index in [0.717, 1.165) is 15.6 Å². The molecule has 0 radical (unpaired) electrons. The Balaban J connectivity index is 2.36. The van der Waals surface area contributed by atoms with Crippen molar-refractivity contribution in [3.8, 4) is 0 Å². The van der Waals surface area contributed by atoms with Crippen LogP contribution >= 0.6 is 22.6 Å². The van der Waals surface area contributed by atoms with Crippen LogP contribution in [0.2, 0.25) is 0 Å². The average molecular weight is 397 g/mol. The van der Waals surface area contributed by atoms with Gasteiger partial charge in [-0.1, -0.05) is 23.8 Å². The van der Waals surface area contributed by atoms with Crippen LogP contribution in [0.5, 0.6) is 0 Å². The molecular weight excluding hydrogens is 376 g/mol. The number of hydrogen-bond acceptors (Lipinski definition) is 1. The van der Waals surface area contributed by atoms with Crippen LogP contribution < -0.4 is 5.32 Å². The molecule has 0 aliphatic carbocycles. The Morgan fingerprint density at radius 1 is 1.10 bits per heavy atom. The van der Waals surface area contributed by atoms with Crippen molar-refractivity contribution in [1.82, 2.24) is 5.32 Å². The third-order valence-electron chi connectivity index (χ3n) is 3.93. The van der Waals surface area contributed by atoms with Gasteiger partial charge in [-0.15, -0.1) is 0 Å². The summed E-state index contributed by atoms with van der Waals surface area (Å²) in [5.41, 5.74) is 6.47. The van der Waals surface area contributed by atoms with Crippen LogP contribution in [-0.2, 0) is 6.42 Å². The van der Waals surface area contributed by atoms with Crippen molar-refractivity contribution in [2.45, 2.75) is 33.2 Å². The van der Waals surface area contributed by atoms with Crippen LogP contribution in [0.4, 0.5) is 4.39 Å². The Labute approximate surface area is 140 Å². The van der Waals surface area contributed by atoms with Gasteiger partial charge in [0.15, 0.2) is 0 Å². The first kappa shape index (κ1) is 16.4. The molecule has 0 aliphatic rings. The molecule has 21 heavy (non-hydrogen) atoms. The summed E-state index contributed by atoms with van der Waals surface area (Å²) >= 11 is 2.21. The zero-order valence-corrected chi connectivity index (χ0v) is 15.1. The summed E-state index contributed by atoms with van der Waals surface area (Å²) in [6.45, 7) is 6.46. The number of halogens is 2. The molecule has 0 heterocycles. The van der Waals surface area contributed by atoms with Gasteiger partial charge >= 0.3 is 0 Å². The van der Waals surface area contributed by atoms with Crippen LogP contribution in [0.3, 0.4) is 0 Å². The van der Waals surface area contributed by atoms with Gasteiger partial charge in [-0.3, -0.25) is 0 Å². The molecule has 0 bridgehead atoms. The standard InChI is InChI=1S/C18H21FIN/c1-11-7-12(2)16(13(3)8-11)10-18(21-4)15-6-5-14(19)9-17(15)20/h5-9,18,21H,10H2,1-4H3. The molecule has 0 amide bonds. The lowest BCUT2D eigenvalue weighted by Crippen LogP contribution is -2.21.